The summed E-state index contributed by atoms with van der Waals surface area (Å²) < 4.78 is 37.7. The number of aryl methyl sites for hydroxylation is 6. The molecule has 9 aliphatic carbocycles. The predicted molar refractivity (Wildman–Crippen MR) is 603 cm³/mol. The molecule has 6 aromatic rings. The zero-order valence-electron chi connectivity index (χ0n) is 90.0. The Hall–Kier alpha value is -9.57. The molecule has 6 heterocycles. The number of hydrogen-bond acceptors (Lipinski definition) is 18. The van der Waals surface area contributed by atoms with E-state index in [2.05, 4.69) is 129 Å². The molecule has 15 aliphatic rings. The lowest BCUT2D eigenvalue weighted by atomic mass is 9.45. The Morgan fingerprint density at radius 2 is 0.607 bits per heavy atom. The standard InChI is InChI=1S/C22H30O5.C22H30O4.C21H30O3.C20H26O4.C19H26O3.C19H26O2.6CH4/c1-5-6-7-8-13-11-15(23)18-17-14(12(2)3)9-10-22(4,26)20(17)27-19(18)16(13)21(24)25;1-5-6-7-8-12-11-14-16(19(23)15(12)20(24)25)18-17-13(21(18,2)3)9-10-22(17,4)26-14;1-5-6-7-8-14-11-16(22)19-17(12-14)24-20-18(19)15(13(2)3)9-10-21(20,4)23;1-5-6-10-9-12-14(17(21)13(10)18(22)23)16-15-11(19(16,2)3)7-8-20(15,4)24-12;1-5-6-12-9-14(20)17-15(10-12)22-18-16(17)13(11(2)3)7-8-19(18,4)21;1-5-6-11-9-13(20)15-14(10-11)21-19(4)8-7-12-16(19)17(15)18(12,2)3;;;;;;/h11,14,17,20,23,26H,2,5-10H2,1,3-4H3,(H,24,25);11,13,17-18,23H,5-10H2,1-4H3,(H,24,25);11-12,15,18,20,22-23H,2,5-10H2,1,3-4H3;9,11,15-16,21H,5-8H2,1-4H3,(H,22,23);9-10,13,16,18,20-21H,2,5-8H2,1,3-4H3;9-10,12,16-17,20H,5-8H2,1-4H3;6*1H4/t14-,17+,20-,22-;13?,17-,18-,22-;15-,18+,20-,21-;11?,15-,16-,20-;13-,16+,18-,19-;12?,16-,17-,19-;;;;;;/m010101....../s1. The lowest BCUT2D eigenvalue weighted by molar-refractivity contribution is -0.121. The second-order valence-corrected chi connectivity index (χ2v) is 49.5. The number of carboxylic acid groups (broad SMARTS) is 3. The molecule has 0 spiro atoms. The number of ether oxygens (including phenoxy) is 6. The molecule has 0 saturated heterocycles. The van der Waals surface area contributed by atoms with Gasteiger partial charge >= 0.3 is 17.9 Å². The van der Waals surface area contributed by atoms with Crippen molar-refractivity contribution in [2.75, 3.05) is 0 Å². The van der Waals surface area contributed by atoms with E-state index in [1.54, 1.807) is 13.0 Å². The number of aromatic carboxylic acids is 3. The molecule has 6 aromatic carbocycles. The summed E-state index contributed by atoms with van der Waals surface area (Å²) in [4.78, 5) is 35.8. The van der Waals surface area contributed by atoms with Gasteiger partial charge in [-0.15, -0.1) is 0 Å². The molecule has 0 bridgehead atoms. The van der Waals surface area contributed by atoms with Gasteiger partial charge in [-0.3, -0.25) is 0 Å². The zero-order valence-corrected chi connectivity index (χ0v) is 90.0. The van der Waals surface area contributed by atoms with E-state index in [-0.39, 0.29) is 177 Å². The number of phenolic OH excluding ortho intramolecular Hbond substituents is 4. The maximum atomic E-state index is 12.1. The number of unbranched alkanes of at least 4 members (excludes halogenated alkanes) is 6. The fourth-order valence-electron chi connectivity index (χ4n) is 31.1. The van der Waals surface area contributed by atoms with Gasteiger partial charge in [-0.05, 0) is 337 Å². The van der Waals surface area contributed by atoms with E-state index in [9.17, 15) is 75.7 Å². The van der Waals surface area contributed by atoms with Gasteiger partial charge in [-0.2, -0.15) is 0 Å². The van der Waals surface area contributed by atoms with Crippen molar-refractivity contribution < 1.29 is 104 Å². The average Bonchev–Trinajstić information content (AvgIpc) is 1.47. The fraction of sp³-hybridized carbons (Fsp3) is 0.651. The largest absolute Gasteiger partial charge is 0.508 e. The van der Waals surface area contributed by atoms with E-state index >= 15 is 0 Å². The van der Waals surface area contributed by atoms with Crippen LogP contribution in [-0.4, -0.2) is 131 Å². The molecule has 6 aliphatic heterocycles. The Balaban J connectivity index is 0.000000183. The monoisotopic (exact) mass is 2080 g/mol. The Bertz CT molecular complexity index is 5940. The summed E-state index contributed by atoms with van der Waals surface area (Å²) in [5.41, 5.74) is 10.8. The summed E-state index contributed by atoms with van der Waals surface area (Å²) in [6, 6.07) is 17.4. The molecular formula is C129H192O21. The number of hydrogen-bond donors (Lipinski definition) is 12. The highest BCUT2D eigenvalue weighted by Gasteiger charge is 2.73. The molecule has 3 unspecified atom stereocenters. The third-order valence-electron chi connectivity index (χ3n) is 38.3. The molecule has 24 atom stereocenters. The first-order chi connectivity index (χ1) is 67.7. The number of carbonyl (C=O) groups is 3. The molecule has 21 rings (SSSR count). The number of allylic oxidation sites excluding steroid dienone is 3. The quantitative estimate of drug-likeness (QED) is 0.0198. The van der Waals surface area contributed by atoms with E-state index in [0.29, 0.717) is 119 Å². The highest BCUT2D eigenvalue weighted by molar-refractivity contribution is 5.96. The average molecular weight is 2080 g/mol. The highest BCUT2D eigenvalue weighted by atomic mass is 16.5. The van der Waals surface area contributed by atoms with Crippen LogP contribution in [0.4, 0.5) is 0 Å². The fourth-order valence-corrected chi connectivity index (χ4v) is 31.1. The molecule has 834 valence electrons. The van der Waals surface area contributed by atoms with Crippen LogP contribution in [0, 0.1) is 69.5 Å². The van der Waals surface area contributed by atoms with E-state index < -0.39 is 40.8 Å². The minimum Gasteiger partial charge on any atom is -0.508 e. The summed E-state index contributed by atoms with van der Waals surface area (Å²) in [5.74, 6) is 6.29. The van der Waals surface area contributed by atoms with Crippen molar-refractivity contribution in [3.8, 4) is 69.0 Å². The lowest BCUT2D eigenvalue weighted by Crippen LogP contribution is -2.59. The number of carboxylic acids is 3. The number of rotatable bonds is 24. The van der Waals surface area contributed by atoms with E-state index in [0.717, 1.165) is 219 Å². The molecule has 150 heavy (non-hydrogen) atoms. The molecule has 9 saturated carbocycles. The second-order valence-electron chi connectivity index (χ2n) is 49.5. The number of phenols is 6. The van der Waals surface area contributed by atoms with Crippen LogP contribution in [0.25, 0.3) is 0 Å². The van der Waals surface area contributed by atoms with Crippen LogP contribution in [0.2, 0.25) is 0 Å². The maximum absolute atomic E-state index is 12.1. The first kappa shape index (κ1) is 122. The third-order valence-corrected chi connectivity index (χ3v) is 38.3. The van der Waals surface area contributed by atoms with Crippen molar-refractivity contribution in [1.29, 1.82) is 0 Å². The smallest absolute Gasteiger partial charge is 0.339 e. The Morgan fingerprint density at radius 3 is 0.940 bits per heavy atom. The van der Waals surface area contributed by atoms with Gasteiger partial charge in [0.1, 0.15) is 121 Å². The van der Waals surface area contributed by atoms with Gasteiger partial charge in [0.05, 0.1) is 16.8 Å². The first-order valence-electron chi connectivity index (χ1n) is 54.8. The topological polar surface area (TPSA) is 349 Å². The molecule has 0 amide bonds. The van der Waals surface area contributed by atoms with Gasteiger partial charge in [-0.1, -0.05) is 222 Å². The van der Waals surface area contributed by atoms with Gasteiger partial charge < -0.3 is 89.7 Å². The summed E-state index contributed by atoms with van der Waals surface area (Å²) in [5, 5.41) is 126. The van der Waals surface area contributed by atoms with Crippen LogP contribution in [0.5, 0.6) is 69.0 Å². The van der Waals surface area contributed by atoms with Crippen LogP contribution in [0.15, 0.2) is 91.1 Å². The van der Waals surface area contributed by atoms with Gasteiger partial charge in [0.25, 0.3) is 0 Å². The van der Waals surface area contributed by atoms with Crippen LogP contribution in [-0.2, 0) is 38.5 Å². The molecular weight excluding hydrogens is 1890 g/mol. The van der Waals surface area contributed by atoms with Crippen LogP contribution in [0.1, 0.15) is 477 Å². The van der Waals surface area contributed by atoms with Gasteiger partial charge in [0, 0.05) is 86.6 Å². The SMILES string of the molecule is C.C.C.C.C.C.C=C(C)[C@@H]1CC[C@](C)(O)[C@H]2Oc3c(C(=O)O)c(CCCCC)cc(O)c3[C@@H]12.C=C(C)[C@@H]1CC[C@](C)(O)[C@H]2Oc3cc(CCC)cc(O)c3[C@@H]12.C=C(C)[C@@H]1CC[C@](C)(O)[C@H]2Oc3cc(CCCCC)cc(O)c3[C@@H]12.CCCCCc1cc2c(c(O)c1C(=O)O)[C@@H]1[C@H]3C(CC[C@@]3(C)O2)C1(C)C.CCCc1cc(O)c2c(c1)O[C@]1(C)CCC3[C@@H]1[C@@H]2C3(C)C.CCCc1cc2c(c(O)c1C(=O)O)[C@@H]1[C@H]3C(CC[C@@]3(C)O2)C1(C)C. The van der Waals surface area contributed by atoms with Crippen molar-refractivity contribution in [3.05, 3.63) is 175 Å². The summed E-state index contributed by atoms with van der Waals surface area (Å²) in [6.07, 6.45) is 27.1. The minimum atomic E-state index is -1.08. The van der Waals surface area contributed by atoms with Crippen molar-refractivity contribution in [2.24, 2.45) is 69.5 Å². The molecule has 0 aromatic heterocycles. The number of aliphatic hydroxyl groups is 3. The van der Waals surface area contributed by atoms with E-state index in [1.807, 2.05) is 77.9 Å². The van der Waals surface area contributed by atoms with Crippen molar-refractivity contribution in [1.82, 2.24) is 0 Å². The van der Waals surface area contributed by atoms with Crippen LogP contribution >= 0.6 is 0 Å². The van der Waals surface area contributed by atoms with Gasteiger partial charge in [0.2, 0.25) is 0 Å². The van der Waals surface area contributed by atoms with E-state index in [1.165, 1.54) is 24.8 Å². The van der Waals surface area contributed by atoms with Gasteiger partial charge in [-0.25, -0.2) is 14.4 Å². The minimum absolute atomic E-state index is 0. The first-order valence-corrected chi connectivity index (χ1v) is 54.8. The Kier molecular flexibility index (Phi) is 37.1. The molecule has 9 fully saturated rings. The zero-order chi connectivity index (χ0) is 105. The van der Waals surface area contributed by atoms with E-state index in [4.69, 9.17) is 28.4 Å². The molecule has 0 radical (unpaired) electrons. The summed E-state index contributed by atoms with van der Waals surface area (Å²) >= 11 is 0. The lowest BCUT2D eigenvalue weighted by Gasteiger charge is -2.62. The Morgan fingerprint density at radius 1 is 0.320 bits per heavy atom. The van der Waals surface area contributed by atoms with Crippen LogP contribution < -0.4 is 28.4 Å². The number of benzene rings is 6. The summed E-state index contributed by atoms with van der Waals surface area (Å²) in [7, 11) is 0. The third kappa shape index (κ3) is 20.9. The van der Waals surface area contributed by atoms with Gasteiger partial charge in [0.15, 0.2) is 0 Å². The normalized spacial score (nSPS) is 31.7. The molecule has 21 nitrogen and oxygen atoms in total. The highest BCUT2D eigenvalue weighted by Crippen LogP contribution is 2.78. The van der Waals surface area contributed by atoms with Crippen molar-refractivity contribution >= 4 is 17.9 Å². The van der Waals surface area contributed by atoms with Crippen molar-refractivity contribution in [2.45, 2.75) is 470 Å². The second kappa shape index (κ2) is 45.5. The van der Waals surface area contributed by atoms with Crippen molar-refractivity contribution in [3.63, 3.8) is 0 Å². The summed E-state index contributed by atoms with van der Waals surface area (Å²) in [6.45, 7) is 56.9. The molecule has 12 N–H and O–H groups in total. The number of aromatic hydroxyl groups is 6. The van der Waals surface area contributed by atoms with Crippen LogP contribution in [0.3, 0.4) is 0 Å². The molecule has 21 heteroatoms. The number of fused-ring (bicyclic) bond motifs is 15. The predicted octanol–water partition coefficient (Wildman–Crippen LogP) is 31.0. The Labute approximate surface area is 899 Å². The maximum Gasteiger partial charge on any atom is 0.339 e.